The minimum absolute atomic E-state index is 0. The number of rotatable bonds is 6. The fourth-order valence-electron chi connectivity index (χ4n) is 1.25. The Bertz CT molecular complexity index is 198. The molecule has 0 aromatic rings. The summed E-state index contributed by atoms with van der Waals surface area (Å²) in [6, 6.07) is 0. The molecule has 0 rings (SSSR count). The van der Waals surface area contributed by atoms with Gasteiger partial charge in [-0.3, -0.25) is 4.79 Å². The first-order valence-electron chi connectivity index (χ1n) is 4.64. The zero-order chi connectivity index (χ0) is 10.3. The molecule has 0 amide bonds. The van der Waals surface area contributed by atoms with Crippen LogP contribution in [0, 0.1) is 18.3 Å². The zero-order valence-electron chi connectivity index (χ0n) is 9.18. The fraction of sp³-hybridized carbons (Fsp3) is 0.727. The number of Topliss-reactive ketones (excluding diaryl/α,β-unsaturated/α-hetero) is 1. The van der Waals surface area contributed by atoms with E-state index < -0.39 is 0 Å². The predicted octanol–water partition coefficient (Wildman–Crippen LogP) is -1.12. The van der Waals surface area contributed by atoms with E-state index in [0.29, 0.717) is 16.7 Å². The molecule has 0 aliphatic carbocycles. The average molecular weight is 235 g/mol. The van der Waals surface area contributed by atoms with Crippen molar-refractivity contribution in [2.45, 2.75) is 26.7 Å². The van der Waals surface area contributed by atoms with Crippen LogP contribution in [0.2, 0.25) is 0 Å². The largest absolute Gasteiger partial charge is 1.00 e. The Morgan fingerprint density at radius 3 is 2.50 bits per heavy atom. The average Bonchev–Trinajstić information content (AvgIpc) is 2.05. The summed E-state index contributed by atoms with van der Waals surface area (Å²) >= 11 is 0. The van der Waals surface area contributed by atoms with Crippen LogP contribution in [0.1, 0.15) is 26.7 Å². The Hall–Kier alpha value is -0.130. The van der Waals surface area contributed by atoms with Gasteiger partial charge in [0.15, 0.2) is 5.75 Å². The Balaban J connectivity index is 0. The van der Waals surface area contributed by atoms with Gasteiger partial charge in [0.05, 0.1) is 6.26 Å². The van der Waals surface area contributed by atoms with Crippen molar-refractivity contribution in [3.63, 3.8) is 0 Å². The monoisotopic (exact) mass is 234 g/mol. The first kappa shape index (κ1) is 16.3. The van der Waals surface area contributed by atoms with Crippen LogP contribution in [-0.4, -0.2) is 23.5 Å². The van der Waals surface area contributed by atoms with Crippen molar-refractivity contribution in [1.29, 1.82) is 0 Å². The second-order valence-corrected chi connectivity index (χ2v) is 5.60. The van der Waals surface area contributed by atoms with E-state index in [1.807, 2.05) is 0 Å². The van der Waals surface area contributed by atoms with E-state index in [1.54, 1.807) is 6.92 Å². The summed E-state index contributed by atoms with van der Waals surface area (Å²) in [6.07, 6.45) is 9.36. The number of hydrogen-bond donors (Lipinski definition) is 0. The summed E-state index contributed by atoms with van der Waals surface area (Å²) in [5, 5.41) is 0. The first-order valence-corrected chi connectivity index (χ1v) is 6.62. The minimum atomic E-state index is 0. The first-order chi connectivity index (χ1) is 6.11. The molecule has 0 saturated carbocycles. The number of hydrogen-bond acceptors (Lipinski definition) is 1. The molecule has 0 spiro atoms. The van der Waals surface area contributed by atoms with Crippen molar-refractivity contribution in [2.75, 3.05) is 17.8 Å². The molecule has 1 unspecified atom stereocenters. The van der Waals surface area contributed by atoms with E-state index in [-0.39, 0.29) is 18.3 Å². The molecule has 0 saturated heterocycles. The Morgan fingerprint density at radius 1 is 1.57 bits per heavy atom. The van der Waals surface area contributed by atoms with Gasteiger partial charge in [-0.15, -0.1) is 6.42 Å². The number of ketones is 1. The standard InChI is InChI=1S/C11H19OS.ClH/c1-5-8-13(4)9-7-11(6-2)10(3)12;/h1,11H,6-9H2,2-4H3;1H/q+1;/p-1/t11-,13?;/m0./s1. The molecule has 0 N–H and O–H groups in total. The molecule has 0 fully saturated rings. The molecule has 0 bridgehead atoms. The summed E-state index contributed by atoms with van der Waals surface area (Å²) < 4.78 is 0. The van der Waals surface area contributed by atoms with Crippen molar-refractivity contribution >= 4 is 16.7 Å². The molecule has 3 heteroatoms. The number of halogens is 1. The van der Waals surface area contributed by atoms with Crippen LogP contribution in [0.4, 0.5) is 0 Å². The van der Waals surface area contributed by atoms with E-state index in [9.17, 15) is 4.79 Å². The Morgan fingerprint density at radius 2 is 2.14 bits per heavy atom. The van der Waals surface area contributed by atoms with Gasteiger partial charge < -0.3 is 12.4 Å². The number of carbonyl (C=O) groups excluding carboxylic acids is 1. The smallest absolute Gasteiger partial charge is 0.167 e. The third-order valence-corrected chi connectivity index (χ3v) is 3.80. The lowest BCUT2D eigenvalue weighted by Crippen LogP contribution is -3.00. The highest BCUT2D eigenvalue weighted by atomic mass is 35.5. The SMILES string of the molecule is C#CC[S+](C)CC[C@H](CC)C(C)=O.[Cl-]. The summed E-state index contributed by atoms with van der Waals surface area (Å²) in [4.78, 5) is 11.1. The van der Waals surface area contributed by atoms with Crippen LogP contribution in [-0.2, 0) is 15.7 Å². The summed E-state index contributed by atoms with van der Waals surface area (Å²) in [5.74, 6) is 5.20. The quantitative estimate of drug-likeness (QED) is 0.420. The number of terminal acetylenes is 1. The lowest BCUT2D eigenvalue weighted by Gasteiger charge is -2.09. The van der Waals surface area contributed by atoms with Gasteiger partial charge in [-0.1, -0.05) is 12.8 Å². The van der Waals surface area contributed by atoms with Gasteiger partial charge in [0.1, 0.15) is 11.5 Å². The third-order valence-electron chi connectivity index (χ3n) is 2.21. The van der Waals surface area contributed by atoms with Gasteiger partial charge in [0, 0.05) is 12.3 Å². The Kier molecular flexibility index (Phi) is 11.0. The van der Waals surface area contributed by atoms with E-state index in [0.717, 1.165) is 24.3 Å². The van der Waals surface area contributed by atoms with E-state index in [1.165, 1.54) is 0 Å². The normalized spacial score (nSPS) is 13.6. The van der Waals surface area contributed by atoms with Crippen LogP contribution >= 0.6 is 0 Å². The summed E-state index contributed by atoms with van der Waals surface area (Å²) in [5.41, 5.74) is 0. The van der Waals surface area contributed by atoms with Gasteiger partial charge in [-0.25, -0.2) is 0 Å². The highest BCUT2D eigenvalue weighted by Crippen LogP contribution is 2.11. The maximum Gasteiger partial charge on any atom is 0.167 e. The molecule has 2 atom stereocenters. The highest BCUT2D eigenvalue weighted by molar-refractivity contribution is 7.96. The summed E-state index contributed by atoms with van der Waals surface area (Å²) in [6.45, 7) is 3.75. The van der Waals surface area contributed by atoms with Crippen LogP contribution in [0.5, 0.6) is 0 Å². The molecule has 0 aromatic heterocycles. The maximum atomic E-state index is 11.1. The van der Waals surface area contributed by atoms with Crippen molar-refractivity contribution in [1.82, 2.24) is 0 Å². The van der Waals surface area contributed by atoms with Crippen LogP contribution < -0.4 is 12.4 Å². The minimum Gasteiger partial charge on any atom is -1.00 e. The van der Waals surface area contributed by atoms with E-state index in [2.05, 4.69) is 19.1 Å². The van der Waals surface area contributed by atoms with Crippen LogP contribution in [0.3, 0.4) is 0 Å². The van der Waals surface area contributed by atoms with Gasteiger partial charge in [0.2, 0.25) is 0 Å². The lowest BCUT2D eigenvalue weighted by molar-refractivity contribution is -0.120. The Labute approximate surface area is 96.8 Å². The molecule has 0 heterocycles. The van der Waals surface area contributed by atoms with Gasteiger partial charge in [-0.05, 0) is 24.2 Å². The highest BCUT2D eigenvalue weighted by Gasteiger charge is 2.16. The third kappa shape index (κ3) is 7.29. The second-order valence-electron chi connectivity index (χ2n) is 3.34. The predicted molar refractivity (Wildman–Crippen MR) is 60.9 cm³/mol. The zero-order valence-corrected chi connectivity index (χ0v) is 10.8. The molecular formula is C11H19ClOS. The van der Waals surface area contributed by atoms with E-state index in [4.69, 9.17) is 6.42 Å². The molecule has 0 radical (unpaired) electrons. The van der Waals surface area contributed by atoms with Gasteiger partial charge >= 0.3 is 0 Å². The summed E-state index contributed by atoms with van der Waals surface area (Å²) in [7, 11) is 0.303. The lowest BCUT2D eigenvalue weighted by atomic mass is 10.00. The van der Waals surface area contributed by atoms with Crippen molar-refractivity contribution in [2.24, 2.45) is 5.92 Å². The molecular weight excluding hydrogens is 216 g/mol. The second kappa shape index (κ2) is 9.43. The fourth-order valence-corrected chi connectivity index (χ4v) is 2.37. The molecule has 14 heavy (non-hydrogen) atoms. The van der Waals surface area contributed by atoms with Gasteiger partial charge in [0.25, 0.3) is 0 Å². The molecule has 0 aliphatic rings. The molecule has 1 nitrogen and oxygen atoms in total. The van der Waals surface area contributed by atoms with Crippen LogP contribution in [0.25, 0.3) is 0 Å². The van der Waals surface area contributed by atoms with E-state index >= 15 is 0 Å². The maximum absolute atomic E-state index is 11.1. The van der Waals surface area contributed by atoms with Gasteiger partial charge in [-0.2, -0.15) is 0 Å². The molecule has 0 aromatic carbocycles. The van der Waals surface area contributed by atoms with Crippen molar-refractivity contribution in [3.8, 4) is 12.3 Å². The van der Waals surface area contributed by atoms with Crippen molar-refractivity contribution < 1.29 is 17.2 Å². The molecule has 0 aliphatic heterocycles. The topological polar surface area (TPSA) is 17.1 Å². The number of carbonyl (C=O) groups is 1. The van der Waals surface area contributed by atoms with Crippen LogP contribution in [0.15, 0.2) is 0 Å². The molecule has 82 valence electrons. The van der Waals surface area contributed by atoms with Crippen molar-refractivity contribution in [3.05, 3.63) is 0 Å².